The van der Waals surface area contributed by atoms with Gasteiger partial charge in [-0.2, -0.15) is 5.10 Å². The Bertz CT molecular complexity index is 882. The molecule has 0 aromatic heterocycles. The third kappa shape index (κ3) is 4.58. The molecule has 0 aliphatic heterocycles. The van der Waals surface area contributed by atoms with Crippen molar-refractivity contribution in [3.63, 3.8) is 0 Å². The van der Waals surface area contributed by atoms with E-state index < -0.39 is 0 Å². The summed E-state index contributed by atoms with van der Waals surface area (Å²) in [5, 5.41) is 4.35. The molecular formula is C21H20N2O2S. The molecule has 5 heteroatoms. The van der Waals surface area contributed by atoms with Gasteiger partial charge >= 0.3 is 0 Å². The van der Waals surface area contributed by atoms with Crippen molar-refractivity contribution in [3.05, 3.63) is 78.4 Å². The number of para-hydroxylation sites is 1. The maximum absolute atomic E-state index is 5.47. The van der Waals surface area contributed by atoms with Crippen LogP contribution in [0.3, 0.4) is 0 Å². The monoisotopic (exact) mass is 364 g/mol. The van der Waals surface area contributed by atoms with Crippen LogP contribution in [0, 0.1) is 0 Å². The summed E-state index contributed by atoms with van der Waals surface area (Å²) < 4.78 is 10.8. The highest BCUT2D eigenvalue weighted by atomic mass is 32.2. The Labute approximate surface area is 157 Å². The van der Waals surface area contributed by atoms with Gasteiger partial charge in [0.1, 0.15) is 11.5 Å². The molecule has 0 atom stereocenters. The Balaban J connectivity index is 1.81. The predicted molar refractivity (Wildman–Crippen MR) is 108 cm³/mol. The second-order valence-corrected chi connectivity index (χ2v) is 6.48. The SMILES string of the molecule is COc1ccc(OC)c(Sc2ccccc2C=NNc2ccccc2)c1. The van der Waals surface area contributed by atoms with Gasteiger partial charge in [-0.15, -0.1) is 0 Å². The number of ether oxygens (including phenoxy) is 2. The van der Waals surface area contributed by atoms with Gasteiger partial charge in [-0.25, -0.2) is 0 Å². The van der Waals surface area contributed by atoms with Gasteiger partial charge < -0.3 is 9.47 Å². The fraction of sp³-hybridized carbons (Fsp3) is 0.0952. The number of anilines is 1. The van der Waals surface area contributed by atoms with Gasteiger partial charge in [0.15, 0.2) is 0 Å². The normalized spacial score (nSPS) is 10.7. The Morgan fingerprint density at radius 2 is 1.62 bits per heavy atom. The largest absolute Gasteiger partial charge is 0.497 e. The second-order valence-electron chi connectivity index (χ2n) is 5.39. The molecule has 0 spiro atoms. The minimum atomic E-state index is 0.796. The summed E-state index contributed by atoms with van der Waals surface area (Å²) >= 11 is 1.62. The highest BCUT2D eigenvalue weighted by Crippen LogP contribution is 2.38. The molecule has 0 radical (unpaired) electrons. The van der Waals surface area contributed by atoms with Gasteiger partial charge in [-0.3, -0.25) is 5.43 Å². The van der Waals surface area contributed by atoms with Crippen LogP contribution in [0.2, 0.25) is 0 Å². The third-order valence-electron chi connectivity index (χ3n) is 3.68. The lowest BCUT2D eigenvalue weighted by Gasteiger charge is -2.11. The molecule has 0 bridgehead atoms. The van der Waals surface area contributed by atoms with Crippen LogP contribution in [0.4, 0.5) is 5.69 Å². The molecule has 0 saturated carbocycles. The lowest BCUT2D eigenvalue weighted by molar-refractivity contribution is 0.394. The van der Waals surface area contributed by atoms with Crippen LogP contribution < -0.4 is 14.9 Å². The standard InChI is InChI=1S/C21H20N2O2S/c1-24-18-12-13-19(25-2)21(14-18)26-20-11-7-6-8-16(20)15-22-23-17-9-4-3-5-10-17/h3-15,23H,1-2H3. The van der Waals surface area contributed by atoms with Crippen molar-refractivity contribution in [2.24, 2.45) is 5.10 Å². The molecule has 3 aromatic carbocycles. The number of hydrazone groups is 1. The van der Waals surface area contributed by atoms with Crippen molar-refractivity contribution in [3.8, 4) is 11.5 Å². The summed E-state index contributed by atoms with van der Waals surface area (Å²) in [4.78, 5) is 2.07. The quantitative estimate of drug-likeness (QED) is 0.456. The molecule has 0 saturated heterocycles. The summed E-state index contributed by atoms with van der Waals surface area (Å²) in [7, 11) is 3.33. The molecule has 0 unspecified atom stereocenters. The van der Waals surface area contributed by atoms with Crippen molar-refractivity contribution in [2.45, 2.75) is 9.79 Å². The fourth-order valence-electron chi connectivity index (χ4n) is 2.35. The summed E-state index contributed by atoms with van der Waals surface area (Å²) in [6.07, 6.45) is 1.82. The average molecular weight is 364 g/mol. The molecular weight excluding hydrogens is 344 g/mol. The number of hydrogen-bond donors (Lipinski definition) is 1. The number of hydrogen-bond acceptors (Lipinski definition) is 5. The number of nitrogens with zero attached hydrogens (tertiary/aromatic N) is 1. The Kier molecular flexibility index (Phi) is 6.17. The van der Waals surface area contributed by atoms with Crippen LogP contribution in [0.15, 0.2) is 87.7 Å². The van der Waals surface area contributed by atoms with Gasteiger partial charge in [0.05, 0.1) is 31.0 Å². The van der Waals surface area contributed by atoms with E-state index in [1.54, 1.807) is 26.0 Å². The van der Waals surface area contributed by atoms with Crippen molar-refractivity contribution < 1.29 is 9.47 Å². The van der Waals surface area contributed by atoms with Crippen LogP contribution in [0.5, 0.6) is 11.5 Å². The minimum absolute atomic E-state index is 0.796. The zero-order chi connectivity index (χ0) is 18.2. The number of nitrogens with one attached hydrogen (secondary N) is 1. The van der Waals surface area contributed by atoms with Crippen molar-refractivity contribution in [2.75, 3.05) is 19.6 Å². The molecule has 3 aromatic rings. The van der Waals surface area contributed by atoms with Gasteiger partial charge in [-0.05, 0) is 36.4 Å². The molecule has 0 heterocycles. The Hall–Kier alpha value is -2.92. The third-order valence-corrected chi connectivity index (χ3v) is 4.81. The minimum Gasteiger partial charge on any atom is -0.497 e. The van der Waals surface area contributed by atoms with E-state index in [0.717, 1.165) is 32.5 Å². The highest BCUT2D eigenvalue weighted by molar-refractivity contribution is 7.99. The zero-order valence-corrected chi connectivity index (χ0v) is 15.5. The molecule has 0 aliphatic rings. The first-order chi connectivity index (χ1) is 12.8. The summed E-state index contributed by atoms with van der Waals surface area (Å²) in [5.74, 6) is 1.61. The highest BCUT2D eigenvalue weighted by Gasteiger charge is 2.09. The molecule has 3 rings (SSSR count). The molecule has 0 fully saturated rings. The van der Waals surface area contributed by atoms with Gasteiger partial charge in [-0.1, -0.05) is 48.2 Å². The Morgan fingerprint density at radius 1 is 0.846 bits per heavy atom. The lowest BCUT2D eigenvalue weighted by atomic mass is 10.2. The molecule has 1 N–H and O–H groups in total. The van der Waals surface area contributed by atoms with E-state index in [0.29, 0.717) is 0 Å². The van der Waals surface area contributed by atoms with Crippen molar-refractivity contribution in [1.29, 1.82) is 0 Å². The van der Waals surface area contributed by atoms with E-state index in [4.69, 9.17) is 9.47 Å². The van der Waals surface area contributed by atoms with Crippen molar-refractivity contribution in [1.82, 2.24) is 0 Å². The summed E-state index contributed by atoms with van der Waals surface area (Å²) in [6, 6.07) is 23.7. The molecule has 0 aliphatic carbocycles. The maximum atomic E-state index is 5.47. The van der Waals surface area contributed by atoms with Gasteiger partial charge in [0.2, 0.25) is 0 Å². The first kappa shape index (κ1) is 17.9. The maximum Gasteiger partial charge on any atom is 0.133 e. The predicted octanol–water partition coefficient (Wildman–Crippen LogP) is 5.30. The van der Waals surface area contributed by atoms with Gasteiger partial charge in [0, 0.05) is 10.5 Å². The zero-order valence-electron chi connectivity index (χ0n) is 14.7. The molecule has 0 amide bonds. The van der Waals surface area contributed by atoms with E-state index in [1.807, 2.05) is 72.9 Å². The topological polar surface area (TPSA) is 42.9 Å². The Morgan fingerprint density at radius 3 is 2.38 bits per heavy atom. The van der Waals surface area contributed by atoms with Crippen molar-refractivity contribution >= 4 is 23.7 Å². The average Bonchev–Trinajstić information content (AvgIpc) is 2.70. The van der Waals surface area contributed by atoms with Crippen LogP contribution in [-0.4, -0.2) is 20.4 Å². The van der Waals surface area contributed by atoms with E-state index in [-0.39, 0.29) is 0 Å². The van der Waals surface area contributed by atoms with Gasteiger partial charge in [0.25, 0.3) is 0 Å². The first-order valence-corrected chi connectivity index (χ1v) is 8.95. The van der Waals surface area contributed by atoms with E-state index >= 15 is 0 Å². The summed E-state index contributed by atoms with van der Waals surface area (Å²) in [5.41, 5.74) is 5.01. The van der Waals surface area contributed by atoms with Crippen LogP contribution in [0.1, 0.15) is 5.56 Å². The van der Waals surface area contributed by atoms with E-state index in [2.05, 4.69) is 16.6 Å². The molecule has 132 valence electrons. The van der Waals surface area contributed by atoms with Crippen LogP contribution >= 0.6 is 11.8 Å². The van der Waals surface area contributed by atoms with E-state index in [1.165, 1.54) is 0 Å². The summed E-state index contributed by atoms with van der Waals surface area (Å²) in [6.45, 7) is 0. The van der Waals surface area contributed by atoms with Crippen LogP contribution in [-0.2, 0) is 0 Å². The van der Waals surface area contributed by atoms with Crippen LogP contribution in [0.25, 0.3) is 0 Å². The number of benzene rings is 3. The fourth-order valence-corrected chi connectivity index (χ4v) is 3.40. The number of rotatable bonds is 7. The first-order valence-electron chi connectivity index (χ1n) is 8.13. The van der Waals surface area contributed by atoms with E-state index in [9.17, 15) is 0 Å². The molecule has 26 heavy (non-hydrogen) atoms. The second kappa shape index (κ2) is 8.97. The number of methoxy groups -OCH3 is 2. The lowest BCUT2D eigenvalue weighted by Crippen LogP contribution is -1.93. The smallest absolute Gasteiger partial charge is 0.133 e. The molecule has 4 nitrogen and oxygen atoms in total.